The minimum atomic E-state index is -1.84. The Hall–Kier alpha value is 0.274. The van der Waals surface area contributed by atoms with Crippen LogP contribution in [0.3, 0.4) is 0 Å². The molecule has 0 aromatic rings. The highest BCUT2D eigenvalue weighted by atomic mass is 28.4. The van der Waals surface area contributed by atoms with E-state index in [1.165, 1.54) is 12.5 Å². The topological polar surface area (TPSA) is 39.3 Å². The summed E-state index contributed by atoms with van der Waals surface area (Å²) in [6, 6.07) is 1.40. The lowest BCUT2D eigenvalue weighted by atomic mass is 10.5. The standard InChI is InChI=1S/C11H32N4Si2/c1-8-15(4)17(12-2,13-3)14-10-9-11-16(5,6)7/h12-14H,8-11H2,1-7H3. The summed E-state index contributed by atoms with van der Waals surface area (Å²) in [7, 11) is 3.52. The summed E-state index contributed by atoms with van der Waals surface area (Å²) in [4.78, 5) is 10.7. The molecular formula is C11H32N4Si2. The molecule has 0 bridgehead atoms. The highest BCUT2D eigenvalue weighted by Crippen LogP contribution is 2.10. The number of hydrogen-bond donors (Lipinski definition) is 3. The fourth-order valence-corrected chi connectivity index (χ4v) is 5.83. The first-order valence-corrected chi connectivity index (χ1v) is 12.3. The van der Waals surface area contributed by atoms with Gasteiger partial charge in [0, 0.05) is 8.07 Å². The molecule has 0 heterocycles. The molecule has 6 heteroatoms. The van der Waals surface area contributed by atoms with E-state index >= 15 is 0 Å². The van der Waals surface area contributed by atoms with Crippen molar-refractivity contribution in [1.82, 2.24) is 19.5 Å². The van der Waals surface area contributed by atoms with Gasteiger partial charge in [0.15, 0.2) is 0 Å². The molecule has 0 unspecified atom stereocenters. The molecule has 104 valence electrons. The van der Waals surface area contributed by atoms with E-state index in [1.807, 2.05) is 14.1 Å². The zero-order chi connectivity index (χ0) is 13.5. The summed E-state index contributed by atoms with van der Waals surface area (Å²) in [6.45, 7) is 11.7. The Balaban J connectivity index is 4.19. The maximum atomic E-state index is 3.72. The van der Waals surface area contributed by atoms with Crippen LogP contribution in [0.5, 0.6) is 0 Å². The summed E-state index contributed by atoms with van der Waals surface area (Å²) in [5, 5.41) is 0. The third kappa shape index (κ3) is 6.12. The van der Waals surface area contributed by atoms with E-state index in [4.69, 9.17) is 0 Å². The molecular weight excluding hydrogens is 244 g/mol. The second kappa shape index (κ2) is 7.65. The summed E-state index contributed by atoms with van der Waals surface area (Å²) < 4.78 is 2.38. The molecule has 4 nitrogen and oxygen atoms in total. The Bertz CT molecular complexity index is 202. The fraction of sp³-hybridized carbons (Fsp3) is 1.00. The molecule has 0 aromatic carbocycles. The minimum absolute atomic E-state index is 0.888. The molecule has 0 amide bonds. The highest BCUT2D eigenvalue weighted by molar-refractivity contribution is 6.76. The summed E-state index contributed by atoms with van der Waals surface area (Å²) in [6.07, 6.45) is 1.28. The lowest BCUT2D eigenvalue weighted by Crippen LogP contribution is -2.79. The zero-order valence-corrected chi connectivity index (χ0v) is 14.8. The van der Waals surface area contributed by atoms with Crippen LogP contribution in [-0.4, -0.2) is 55.6 Å². The van der Waals surface area contributed by atoms with Gasteiger partial charge in [-0.05, 0) is 40.7 Å². The van der Waals surface area contributed by atoms with Crippen molar-refractivity contribution in [2.24, 2.45) is 0 Å². The number of nitrogens with one attached hydrogen (secondary N) is 3. The molecule has 0 radical (unpaired) electrons. The first-order chi connectivity index (χ1) is 7.81. The van der Waals surface area contributed by atoms with E-state index in [1.54, 1.807) is 0 Å². The van der Waals surface area contributed by atoms with Gasteiger partial charge in [0.2, 0.25) is 0 Å². The third-order valence-corrected chi connectivity index (χ3v) is 8.78. The van der Waals surface area contributed by atoms with Crippen molar-refractivity contribution in [2.75, 3.05) is 34.2 Å². The van der Waals surface area contributed by atoms with Gasteiger partial charge < -0.3 is 14.9 Å². The van der Waals surface area contributed by atoms with Crippen molar-refractivity contribution in [1.29, 1.82) is 0 Å². The third-order valence-electron chi connectivity index (χ3n) is 3.25. The summed E-state index contributed by atoms with van der Waals surface area (Å²) in [5.74, 6) is 0. The Labute approximate surface area is 110 Å². The largest absolute Gasteiger partial charge is 0.368 e. The van der Waals surface area contributed by atoms with Gasteiger partial charge in [-0.3, -0.25) is 4.57 Å². The molecule has 3 N–H and O–H groups in total. The number of rotatable bonds is 9. The fourth-order valence-electron chi connectivity index (χ4n) is 1.94. The van der Waals surface area contributed by atoms with Gasteiger partial charge in [0.1, 0.15) is 0 Å². The monoisotopic (exact) mass is 276 g/mol. The predicted molar refractivity (Wildman–Crippen MR) is 83.0 cm³/mol. The van der Waals surface area contributed by atoms with Crippen molar-refractivity contribution in [3.63, 3.8) is 0 Å². The second-order valence-electron chi connectivity index (χ2n) is 5.82. The van der Waals surface area contributed by atoms with Crippen molar-refractivity contribution in [2.45, 2.75) is 39.0 Å². The molecule has 0 saturated carbocycles. The SMILES string of the molecule is CCN(C)[Si](NC)(NC)NCCC[Si](C)(C)C. The molecule has 0 aliphatic carbocycles. The van der Waals surface area contributed by atoms with Crippen LogP contribution in [0.2, 0.25) is 25.7 Å². The molecule has 0 aromatic heterocycles. The lowest BCUT2D eigenvalue weighted by molar-refractivity contribution is 0.478. The zero-order valence-electron chi connectivity index (χ0n) is 12.8. The smallest absolute Gasteiger partial charge is 0.303 e. The molecule has 0 saturated heterocycles. The first kappa shape index (κ1) is 17.3. The Morgan fingerprint density at radius 2 is 1.59 bits per heavy atom. The van der Waals surface area contributed by atoms with Gasteiger partial charge in [-0.2, -0.15) is 0 Å². The van der Waals surface area contributed by atoms with Gasteiger partial charge in [-0.25, -0.2) is 0 Å². The van der Waals surface area contributed by atoms with Crippen LogP contribution in [-0.2, 0) is 0 Å². The number of nitrogens with zero attached hydrogens (tertiary/aromatic N) is 1. The van der Waals surface area contributed by atoms with Gasteiger partial charge >= 0.3 is 8.72 Å². The molecule has 0 fully saturated rings. The van der Waals surface area contributed by atoms with Crippen molar-refractivity contribution < 1.29 is 0 Å². The first-order valence-electron chi connectivity index (χ1n) is 6.65. The van der Waals surface area contributed by atoms with E-state index in [2.05, 4.69) is 53.1 Å². The van der Waals surface area contributed by atoms with E-state index in [9.17, 15) is 0 Å². The van der Waals surface area contributed by atoms with Gasteiger partial charge in [0.25, 0.3) is 0 Å². The number of hydrogen-bond acceptors (Lipinski definition) is 4. The lowest BCUT2D eigenvalue weighted by Gasteiger charge is -2.38. The Morgan fingerprint density at radius 1 is 1.06 bits per heavy atom. The second-order valence-corrected chi connectivity index (χ2v) is 15.0. The normalized spacial score (nSPS) is 13.4. The van der Waals surface area contributed by atoms with Crippen LogP contribution in [0, 0.1) is 0 Å². The van der Waals surface area contributed by atoms with Crippen molar-refractivity contribution >= 4 is 16.8 Å². The maximum Gasteiger partial charge on any atom is 0.368 e. The average Bonchev–Trinajstić information content (AvgIpc) is 2.28. The van der Waals surface area contributed by atoms with Gasteiger partial charge in [-0.15, -0.1) is 0 Å². The molecule has 17 heavy (non-hydrogen) atoms. The summed E-state index contributed by atoms with van der Waals surface area (Å²) in [5.41, 5.74) is 0. The Kier molecular flexibility index (Phi) is 7.78. The molecule has 0 atom stereocenters. The van der Waals surface area contributed by atoms with E-state index in [0.29, 0.717) is 0 Å². The average molecular weight is 277 g/mol. The highest BCUT2D eigenvalue weighted by Gasteiger charge is 2.35. The van der Waals surface area contributed by atoms with Crippen molar-refractivity contribution in [3.05, 3.63) is 0 Å². The van der Waals surface area contributed by atoms with E-state index in [0.717, 1.165) is 13.1 Å². The molecule has 0 aliphatic heterocycles. The van der Waals surface area contributed by atoms with E-state index < -0.39 is 16.8 Å². The maximum absolute atomic E-state index is 3.72. The predicted octanol–water partition coefficient (Wildman–Crippen LogP) is 1.13. The summed E-state index contributed by atoms with van der Waals surface area (Å²) >= 11 is 0. The quantitative estimate of drug-likeness (QED) is 0.436. The molecule has 0 aliphatic rings. The van der Waals surface area contributed by atoms with Crippen LogP contribution >= 0.6 is 0 Å². The van der Waals surface area contributed by atoms with Crippen LogP contribution in [0.25, 0.3) is 0 Å². The van der Waals surface area contributed by atoms with Crippen LogP contribution in [0.15, 0.2) is 0 Å². The minimum Gasteiger partial charge on any atom is -0.303 e. The van der Waals surface area contributed by atoms with E-state index in [-0.39, 0.29) is 0 Å². The van der Waals surface area contributed by atoms with Crippen LogP contribution in [0.4, 0.5) is 0 Å². The van der Waals surface area contributed by atoms with Crippen molar-refractivity contribution in [3.8, 4) is 0 Å². The van der Waals surface area contributed by atoms with Crippen LogP contribution in [0.1, 0.15) is 13.3 Å². The van der Waals surface area contributed by atoms with Crippen LogP contribution < -0.4 is 14.9 Å². The molecule has 0 rings (SSSR count). The molecule has 0 spiro atoms. The Morgan fingerprint density at radius 3 is 1.94 bits per heavy atom. The van der Waals surface area contributed by atoms with Gasteiger partial charge in [0.05, 0.1) is 0 Å². The van der Waals surface area contributed by atoms with Gasteiger partial charge in [-0.1, -0.05) is 32.6 Å².